The SMILES string of the molecule is CN(CCOS(=O)(=O)[O-])c1ccc(N=Nc2ncn(C)n2)cc1.[CH3+]. The van der Waals surface area contributed by atoms with E-state index in [1.165, 1.54) is 11.0 Å². The highest BCUT2D eigenvalue weighted by Crippen LogP contribution is 2.20. The van der Waals surface area contributed by atoms with Crippen LogP contribution < -0.4 is 4.90 Å². The molecule has 1 aromatic carbocycles. The molecule has 0 fully saturated rings. The molecule has 1 aromatic heterocycles. The van der Waals surface area contributed by atoms with Crippen molar-refractivity contribution in [3.8, 4) is 0 Å². The highest BCUT2D eigenvalue weighted by Gasteiger charge is 2.03. The molecule has 1 heterocycles. The Kier molecular flexibility index (Phi) is 6.82. The first-order valence-corrected chi connectivity index (χ1v) is 7.86. The predicted molar refractivity (Wildman–Crippen MR) is 87.0 cm³/mol. The summed E-state index contributed by atoms with van der Waals surface area (Å²) in [4.78, 5) is 5.67. The summed E-state index contributed by atoms with van der Waals surface area (Å²) >= 11 is 0. The second-order valence-electron chi connectivity index (χ2n) is 4.59. The monoisotopic (exact) mass is 354 g/mol. The van der Waals surface area contributed by atoms with Crippen LogP contribution in [0, 0.1) is 7.43 Å². The van der Waals surface area contributed by atoms with E-state index >= 15 is 0 Å². The topological polar surface area (TPSA) is 125 Å². The fourth-order valence-corrected chi connectivity index (χ4v) is 1.93. The molecule has 2 rings (SSSR count). The van der Waals surface area contributed by atoms with Crippen LogP contribution in [0.3, 0.4) is 0 Å². The van der Waals surface area contributed by atoms with Gasteiger partial charge in [0.15, 0.2) is 0 Å². The lowest BCUT2D eigenvalue weighted by Gasteiger charge is -2.19. The molecule has 130 valence electrons. The van der Waals surface area contributed by atoms with Crippen molar-refractivity contribution in [1.82, 2.24) is 14.8 Å². The number of hydrogen-bond donors (Lipinski definition) is 0. The van der Waals surface area contributed by atoms with E-state index in [1.54, 1.807) is 43.3 Å². The average Bonchev–Trinajstić information content (AvgIpc) is 2.90. The number of hydrogen-bond acceptors (Lipinski definition) is 9. The quantitative estimate of drug-likeness (QED) is 0.320. The normalized spacial score (nSPS) is 11.5. The zero-order valence-electron chi connectivity index (χ0n) is 13.5. The fourth-order valence-electron chi connectivity index (χ4n) is 1.66. The summed E-state index contributed by atoms with van der Waals surface area (Å²) in [6.07, 6.45) is 1.52. The van der Waals surface area contributed by atoms with E-state index in [0.717, 1.165) is 5.69 Å². The van der Waals surface area contributed by atoms with Gasteiger partial charge in [0.1, 0.15) is 6.33 Å². The fraction of sp³-hybridized carbons (Fsp3) is 0.308. The maximum Gasteiger partial charge on any atom is 0.287 e. The van der Waals surface area contributed by atoms with Crippen LogP contribution in [0.4, 0.5) is 17.3 Å². The highest BCUT2D eigenvalue weighted by atomic mass is 32.3. The van der Waals surface area contributed by atoms with Crippen molar-refractivity contribution in [2.45, 2.75) is 0 Å². The van der Waals surface area contributed by atoms with Crippen LogP contribution in [-0.4, -0.2) is 47.9 Å². The van der Waals surface area contributed by atoms with Crippen LogP contribution in [0.5, 0.6) is 0 Å². The van der Waals surface area contributed by atoms with Crippen LogP contribution in [0.1, 0.15) is 0 Å². The minimum Gasteiger partial charge on any atom is -0.726 e. The molecule has 0 N–H and O–H groups in total. The van der Waals surface area contributed by atoms with E-state index in [1.807, 2.05) is 0 Å². The van der Waals surface area contributed by atoms with Gasteiger partial charge >= 0.3 is 0 Å². The number of aromatic nitrogens is 3. The van der Waals surface area contributed by atoms with Gasteiger partial charge in [-0.15, -0.1) is 15.3 Å². The molecular weight excluding hydrogens is 336 g/mol. The van der Waals surface area contributed by atoms with Crippen LogP contribution in [0.25, 0.3) is 0 Å². The second-order valence-corrected chi connectivity index (χ2v) is 5.64. The number of likely N-dealkylation sites (N-methyl/N-ethyl adjacent to an activating group) is 1. The van der Waals surface area contributed by atoms with Crippen molar-refractivity contribution in [1.29, 1.82) is 0 Å². The molecule has 0 bridgehead atoms. The van der Waals surface area contributed by atoms with Gasteiger partial charge in [-0.1, -0.05) is 0 Å². The van der Waals surface area contributed by atoms with Crippen molar-refractivity contribution in [3.63, 3.8) is 0 Å². The van der Waals surface area contributed by atoms with Crippen molar-refractivity contribution in [2.24, 2.45) is 17.3 Å². The Morgan fingerprint density at radius 2 is 1.96 bits per heavy atom. The summed E-state index contributed by atoms with van der Waals surface area (Å²) in [6, 6.07) is 7.05. The van der Waals surface area contributed by atoms with Gasteiger partial charge in [0.05, 0.1) is 12.3 Å². The van der Waals surface area contributed by atoms with Gasteiger partial charge in [0, 0.05) is 33.8 Å². The molecule has 2 aromatic rings. The Hall–Kier alpha value is -2.50. The Bertz CT molecular complexity index is 772. The van der Waals surface area contributed by atoms with Crippen LogP contribution in [0.15, 0.2) is 40.8 Å². The molecule has 0 saturated carbocycles. The van der Waals surface area contributed by atoms with Gasteiger partial charge in [-0.3, -0.25) is 8.86 Å². The van der Waals surface area contributed by atoms with E-state index in [2.05, 4.69) is 24.5 Å². The molecule has 0 aliphatic heterocycles. The van der Waals surface area contributed by atoms with E-state index in [4.69, 9.17) is 0 Å². The number of nitrogens with zero attached hydrogens (tertiary/aromatic N) is 6. The van der Waals surface area contributed by atoms with Crippen molar-refractivity contribution >= 4 is 27.7 Å². The van der Waals surface area contributed by atoms with Crippen LogP contribution in [-0.2, 0) is 21.6 Å². The molecular formula is C13H18N6O4S. The number of rotatable bonds is 7. The summed E-state index contributed by atoms with van der Waals surface area (Å²) in [7, 11) is -1.18. The molecule has 0 spiro atoms. The minimum absolute atomic E-state index is 0. The summed E-state index contributed by atoms with van der Waals surface area (Å²) in [5.74, 6) is 0.268. The van der Waals surface area contributed by atoms with Gasteiger partial charge in [0.2, 0.25) is 10.4 Å². The van der Waals surface area contributed by atoms with E-state index in [9.17, 15) is 13.0 Å². The minimum atomic E-state index is -4.66. The van der Waals surface area contributed by atoms with E-state index in [-0.39, 0.29) is 26.5 Å². The molecule has 0 atom stereocenters. The first-order chi connectivity index (χ1) is 10.8. The average molecular weight is 354 g/mol. The summed E-state index contributed by atoms with van der Waals surface area (Å²) in [5.41, 5.74) is 1.43. The molecule has 0 unspecified atom stereocenters. The van der Waals surface area contributed by atoms with Gasteiger partial charge in [-0.25, -0.2) is 8.42 Å². The molecule has 0 radical (unpaired) electrons. The maximum absolute atomic E-state index is 10.4. The van der Waals surface area contributed by atoms with Crippen LogP contribution in [0.2, 0.25) is 0 Å². The summed E-state index contributed by atoms with van der Waals surface area (Å²) < 4.78 is 36.7. The second kappa shape index (κ2) is 8.38. The third kappa shape index (κ3) is 6.32. The van der Waals surface area contributed by atoms with E-state index < -0.39 is 10.4 Å². The highest BCUT2D eigenvalue weighted by molar-refractivity contribution is 7.80. The number of anilines is 1. The third-order valence-electron chi connectivity index (χ3n) is 2.79. The standard InChI is InChI=1S/C12H16N6O4S.CH3/c1-17(7-8-22-23(19,20)21)11-5-3-10(4-6-11)14-15-12-13-9-18(2)16-12;/h3-6,9H,7-8H2,1-2H3,(H,19,20,21);1H3/q;+1/p-1. The largest absolute Gasteiger partial charge is 0.726 e. The first-order valence-electron chi connectivity index (χ1n) is 6.52. The summed E-state index contributed by atoms with van der Waals surface area (Å²) in [6.45, 7) is 0.0370. The lowest BCUT2D eigenvalue weighted by Crippen LogP contribution is -2.23. The number of benzene rings is 1. The van der Waals surface area contributed by atoms with Crippen molar-refractivity contribution in [3.05, 3.63) is 38.0 Å². The Morgan fingerprint density at radius 3 is 2.50 bits per heavy atom. The lowest BCUT2D eigenvalue weighted by atomic mass is 10.2. The molecule has 0 aliphatic rings. The Balaban J connectivity index is 0.00000288. The Labute approximate surface area is 140 Å². The van der Waals surface area contributed by atoms with Crippen molar-refractivity contribution in [2.75, 3.05) is 25.1 Å². The molecule has 10 nitrogen and oxygen atoms in total. The molecule has 24 heavy (non-hydrogen) atoms. The summed E-state index contributed by atoms with van der Waals surface area (Å²) in [5, 5.41) is 11.9. The molecule has 0 amide bonds. The zero-order chi connectivity index (χ0) is 16.9. The van der Waals surface area contributed by atoms with E-state index in [0.29, 0.717) is 5.69 Å². The van der Waals surface area contributed by atoms with Crippen molar-refractivity contribution < 1.29 is 17.2 Å². The number of aryl methyl sites for hydroxylation is 1. The van der Waals surface area contributed by atoms with Gasteiger partial charge in [0.25, 0.3) is 5.95 Å². The zero-order valence-corrected chi connectivity index (χ0v) is 14.3. The first kappa shape index (κ1) is 19.5. The Morgan fingerprint density at radius 1 is 1.29 bits per heavy atom. The van der Waals surface area contributed by atoms with Gasteiger partial charge in [-0.05, 0) is 24.3 Å². The molecule has 0 aliphatic carbocycles. The maximum atomic E-state index is 10.4. The number of azo groups is 1. The molecule has 0 saturated heterocycles. The van der Waals surface area contributed by atoms with Gasteiger partial charge in [-0.2, -0.15) is 4.98 Å². The lowest BCUT2D eigenvalue weighted by molar-refractivity contribution is 0.267. The smallest absolute Gasteiger partial charge is 0.287 e. The van der Waals surface area contributed by atoms with Gasteiger partial charge < -0.3 is 9.45 Å². The molecule has 11 heteroatoms. The third-order valence-corrected chi connectivity index (χ3v) is 3.24. The van der Waals surface area contributed by atoms with Crippen LogP contribution >= 0.6 is 0 Å². The predicted octanol–water partition coefficient (Wildman–Crippen LogP) is 1.59.